The molecule has 4 heteroatoms. The molecule has 1 unspecified atom stereocenters. The van der Waals surface area contributed by atoms with Gasteiger partial charge in [0.1, 0.15) is 0 Å². The van der Waals surface area contributed by atoms with Gasteiger partial charge in [0.15, 0.2) is 0 Å². The zero-order valence-electron chi connectivity index (χ0n) is 10.9. The average Bonchev–Trinajstić information content (AvgIpc) is 2.82. The lowest BCUT2D eigenvalue weighted by molar-refractivity contribution is 0.0747. The molecule has 1 aromatic carbocycles. The van der Waals surface area contributed by atoms with Crippen molar-refractivity contribution >= 4 is 17.5 Å². The molecule has 1 heterocycles. The number of hydrogen-bond acceptors (Lipinski definition) is 2. The SMILES string of the molecule is CC1CCCN1C(=O)c1ccc(C#CCN)c(Cl)c1. The van der Waals surface area contributed by atoms with Crippen molar-refractivity contribution in [1.29, 1.82) is 0 Å². The molecule has 100 valence electrons. The molecule has 1 aliphatic rings. The van der Waals surface area contributed by atoms with Gasteiger partial charge < -0.3 is 10.6 Å². The Hall–Kier alpha value is -1.50. The van der Waals surface area contributed by atoms with E-state index in [2.05, 4.69) is 18.8 Å². The van der Waals surface area contributed by atoms with Crippen molar-refractivity contribution in [2.45, 2.75) is 25.8 Å². The third-order valence-corrected chi connectivity index (χ3v) is 3.67. The maximum absolute atomic E-state index is 12.3. The molecule has 0 aromatic heterocycles. The van der Waals surface area contributed by atoms with Gasteiger partial charge >= 0.3 is 0 Å². The molecule has 0 saturated carbocycles. The smallest absolute Gasteiger partial charge is 0.254 e. The van der Waals surface area contributed by atoms with Gasteiger partial charge in [-0.2, -0.15) is 0 Å². The van der Waals surface area contributed by atoms with Crippen molar-refractivity contribution in [1.82, 2.24) is 4.90 Å². The number of nitrogens with zero attached hydrogens (tertiary/aromatic N) is 1. The highest BCUT2D eigenvalue weighted by Crippen LogP contribution is 2.22. The number of halogens is 1. The zero-order valence-corrected chi connectivity index (χ0v) is 11.7. The van der Waals surface area contributed by atoms with Crippen molar-refractivity contribution in [3.63, 3.8) is 0 Å². The molecule has 19 heavy (non-hydrogen) atoms. The van der Waals surface area contributed by atoms with Crippen molar-refractivity contribution in [3.05, 3.63) is 34.3 Å². The summed E-state index contributed by atoms with van der Waals surface area (Å²) in [5.74, 6) is 5.69. The molecule has 0 radical (unpaired) electrons. The second-order valence-corrected chi connectivity index (χ2v) is 5.10. The van der Waals surface area contributed by atoms with E-state index >= 15 is 0 Å². The highest BCUT2D eigenvalue weighted by atomic mass is 35.5. The third-order valence-electron chi connectivity index (χ3n) is 3.35. The van der Waals surface area contributed by atoms with E-state index in [1.165, 1.54) is 0 Å². The van der Waals surface area contributed by atoms with Crippen LogP contribution in [-0.4, -0.2) is 29.9 Å². The Kier molecular flexibility index (Phi) is 4.47. The number of amides is 1. The number of carbonyl (C=O) groups is 1. The van der Waals surface area contributed by atoms with Gasteiger partial charge in [-0.3, -0.25) is 4.79 Å². The number of nitrogens with two attached hydrogens (primary N) is 1. The van der Waals surface area contributed by atoms with E-state index < -0.39 is 0 Å². The Morgan fingerprint density at radius 1 is 1.58 bits per heavy atom. The first-order chi connectivity index (χ1) is 9.13. The van der Waals surface area contributed by atoms with Crippen molar-refractivity contribution in [2.24, 2.45) is 5.73 Å². The highest BCUT2D eigenvalue weighted by Gasteiger charge is 2.26. The lowest BCUT2D eigenvalue weighted by Gasteiger charge is -2.21. The van der Waals surface area contributed by atoms with Crippen LogP contribution in [0.15, 0.2) is 18.2 Å². The number of benzene rings is 1. The quantitative estimate of drug-likeness (QED) is 0.800. The number of hydrogen-bond donors (Lipinski definition) is 1. The summed E-state index contributed by atoms with van der Waals surface area (Å²) >= 11 is 6.14. The van der Waals surface area contributed by atoms with Crippen LogP contribution < -0.4 is 5.73 Å². The number of likely N-dealkylation sites (tertiary alicyclic amines) is 1. The summed E-state index contributed by atoms with van der Waals surface area (Å²) in [5.41, 5.74) is 6.65. The van der Waals surface area contributed by atoms with Crippen LogP contribution in [0.4, 0.5) is 0 Å². The van der Waals surface area contributed by atoms with E-state index in [-0.39, 0.29) is 5.91 Å². The second-order valence-electron chi connectivity index (χ2n) is 4.69. The van der Waals surface area contributed by atoms with Gasteiger partial charge in [-0.15, -0.1) is 0 Å². The monoisotopic (exact) mass is 276 g/mol. The largest absolute Gasteiger partial charge is 0.336 e. The average molecular weight is 277 g/mol. The van der Waals surface area contributed by atoms with E-state index in [9.17, 15) is 4.79 Å². The van der Waals surface area contributed by atoms with Gasteiger partial charge in [0, 0.05) is 23.7 Å². The molecule has 1 fully saturated rings. The molecule has 1 saturated heterocycles. The summed E-state index contributed by atoms with van der Waals surface area (Å²) in [4.78, 5) is 14.2. The molecule has 1 amide bonds. The van der Waals surface area contributed by atoms with Crippen molar-refractivity contribution < 1.29 is 4.79 Å². The van der Waals surface area contributed by atoms with Crippen LogP contribution in [0, 0.1) is 11.8 Å². The molecule has 3 nitrogen and oxygen atoms in total. The Balaban J connectivity index is 2.22. The third kappa shape index (κ3) is 3.09. The van der Waals surface area contributed by atoms with Crippen LogP contribution in [0.25, 0.3) is 0 Å². The minimum Gasteiger partial charge on any atom is -0.336 e. The van der Waals surface area contributed by atoms with E-state index in [1.807, 2.05) is 4.90 Å². The molecule has 0 bridgehead atoms. The highest BCUT2D eigenvalue weighted by molar-refractivity contribution is 6.32. The van der Waals surface area contributed by atoms with Crippen LogP contribution >= 0.6 is 11.6 Å². The van der Waals surface area contributed by atoms with Crippen LogP contribution in [0.1, 0.15) is 35.7 Å². The first kappa shape index (κ1) is 13.9. The summed E-state index contributed by atoms with van der Waals surface area (Å²) in [6.45, 7) is 3.20. The summed E-state index contributed by atoms with van der Waals surface area (Å²) < 4.78 is 0. The van der Waals surface area contributed by atoms with Crippen molar-refractivity contribution in [2.75, 3.05) is 13.1 Å². The Morgan fingerprint density at radius 3 is 2.95 bits per heavy atom. The minimum atomic E-state index is 0.0465. The summed E-state index contributed by atoms with van der Waals surface area (Å²) in [7, 11) is 0. The summed E-state index contributed by atoms with van der Waals surface area (Å²) in [6.07, 6.45) is 2.14. The summed E-state index contributed by atoms with van der Waals surface area (Å²) in [5, 5.41) is 0.499. The van der Waals surface area contributed by atoms with E-state index in [1.54, 1.807) is 18.2 Å². The Morgan fingerprint density at radius 2 is 2.37 bits per heavy atom. The zero-order chi connectivity index (χ0) is 13.8. The Bertz CT molecular complexity index is 545. The maximum atomic E-state index is 12.3. The molecular formula is C15H17ClN2O. The molecule has 2 rings (SSSR count). The number of rotatable bonds is 1. The molecular weight excluding hydrogens is 260 g/mol. The normalized spacial score (nSPS) is 18.1. The van der Waals surface area contributed by atoms with E-state index in [0.29, 0.717) is 28.7 Å². The fourth-order valence-corrected chi connectivity index (χ4v) is 2.52. The van der Waals surface area contributed by atoms with Gasteiger partial charge in [-0.25, -0.2) is 0 Å². The second kappa shape index (κ2) is 6.10. The fraction of sp³-hybridized carbons (Fsp3) is 0.400. The van der Waals surface area contributed by atoms with Crippen molar-refractivity contribution in [3.8, 4) is 11.8 Å². The topological polar surface area (TPSA) is 46.3 Å². The lowest BCUT2D eigenvalue weighted by Crippen LogP contribution is -2.33. The van der Waals surface area contributed by atoms with Crippen LogP contribution in [0.3, 0.4) is 0 Å². The number of carbonyl (C=O) groups excluding carboxylic acids is 1. The molecule has 1 atom stereocenters. The molecule has 1 aromatic rings. The minimum absolute atomic E-state index is 0.0465. The van der Waals surface area contributed by atoms with Gasteiger partial charge in [0.05, 0.1) is 11.6 Å². The lowest BCUT2D eigenvalue weighted by atomic mass is 10.1. The first-order valence-corrected chi connectivity index (χ1v) is 6.80. The summed E-state index contributed by atoms with van der Waals surface area (Å²) in [6, 6.07) is 5.55. The van der Waals surface area contributed by atoms with E-state index in [4.69, 9.17) is 17.3 Å². The van der Waals surface area contributed by atoms with Gasteiger partial charge in [-0.1, -0.05) is 23.4 Å². The molecule has 2 N–H and O–H groups in total. The molecule has 0 aliphatic carbocycles. The van der Waals surface area contributed by atoms with E-state index in [0.717, 1.165) is 19.4 Å². The predicted octanol–water partition coefficient (Wildman–Crippen LogP) is 2.27. The fourth-order valence-electron chi connectivity index (χ4n) is 2.30. The first-order valence-electron chi connectivity index (χ1n) is 6.43. The standard InChI is InChI=1S/C15H17ClN2O/c1-11-4-3-9-18(11)15(19)13-7-6-12(5-2-8-17)14(16)10-13/h6-7,10-11H,3-4,8-9,17H2,1H3. The molecule has 0 spiro atoms. The molecule has 1 aliphatic heterocycles. The van der Waals surface area contributed by atoms with Crippen LogP contribution in [0.5, 0.6) is 0 Å². The maximum Gasteiger partial charge on any atom is 0.254 e. The Labute approximate surface area is 118 Å². The van der Waals surface area contributed by atoms with Crippen LogP contribution in [-0.2, 0) is 0 Å². The predicted molar refractivity (Wildman–Crippen MR) is 77.1 cm³/mol. The van der Waals surface area contributed by atoms with Gasteiger partial charge in [-0.05, 0) is 38.0 Å². The van der Waals surface area contributed by atoms with Crippen LogP contribution in [0.2, 0.25) is 5.02 Å². The van der Waals surface area contributed by atoms with Gasteiger partial charge in [0.2, 0.25) is 0 Å². The van der Waals surface area contributed by atoms with Gasteiger partial charge in [0.25, 0.3) is 5.91 Å².